The van der Waals surface area contributed by atoms with Gasteiger partial charge in [-0.2, -0.15) is 0 Å². The second kappa shape index (κ2) is 3.25. The Morgan fingerprint density at radius 3 is 1.92 bits per heavy atom. The van der Waals surface area contributed by atoms with Gasteiger partial charge in [0.25, 0.3) is 0 Å². The van der Waals surface area contributed by atoms with E-state index in [1.54, 1.807) is 0 Å². The maximum Gasteiger partial charge on any atom is 0.309 e. The number of carboxylic acid groups (broad SMARTS) is 1. The van der Waals surface area contributed by atoms with Gasteiger partial charge in [0, 0.05) is 0 Å². The summed E-state index contributed by atoms with van der Waals surface area (Å²) in [5.41, 5.74) is -1.14. The van der Waals surface area contributed by atoms with E-state index in [-0.39, 0.29) is 12.8 Å². The van der Waals surface area contributed by atoms with Crippen LogP contribution >= 0.6 is 0 Å². The monoisotopic (exact) mass is 190 g/mol. The lowest BCUT2D eigenvalue weighted by Gasteiger charge is -2.38. The van der Waals surface area contributed by atoms with Gasteiger partial charge in [0.15, 0.2) is 0 Å². The van der Waals surface area contributed by atoms with Crippen LogP contribution in [-0.2, 0) is 4.79 Å². The predicted molar refractivity (Wildman–Crippen MR) is 43.0 cm³/mol. The van der Waals surface area contributed by atoms with E-state index in [1.807, 2.05) is 0 Å². The summed E-state index contributed by atoms with van der Waals surface area (Å²) in [5.74, 6) is -1.06. The summed E-state index contributed by atoms with van der Waals surface area (Å²) in [6.07, 6.45) is -3.61. The Morgan fingerprint density at radius 2 is 1.62 bits per heavy atom. The van der Waals surface area contributed by atoms with Gasteiger partial charge in [-0.3, -0.25) is 4.79 Å². The fourth-order valence-electron chi connectivity index (χ4n) is 1.68. The van der Waals surface area contributed by atoms with E-state index in [1.165, 1.54) is 6.92 Å². The molecule has 0 bridgehead atoms. The molecule has 76 valence electrons. The molecule has 4 N–H and O–H groups in total. The molecule has 13 heavy (non-hydrogen) atoms. The molecule has 0 radical (unpaired) electrons. The average Bonchev–Trinajstić information content (AvgIpc) is 2.00. The van der Waals surface area contributed by atoms with Crippen LogP contribution in [0.3, 0.4) is 0 Å². The number of carbonyl (C=O) groups is 1. The summed E-state index contributed by atoms with van der Waals surface area (Å²) in [6, 6.07) is 0. The first kappa shape index (κ1) is 10.4. The molecule has 0 aromatic carbocycles. The third-order valence-corrected chi connectivity index (χ3v) is 2.62. The van der Waals surface area contributed by atoms with E-state index in [2.05, 4.69) is 0 Å². The SMILES string of the molecule is CC1(C(=O)O)C[C@@H](O)C(O)[C@H](O)C1. The minimum absolute atomic E-state index is 0.0272. The van der Waals surface area contributed by atoms with E-state index in [9.17, 15) is 15.0 Å². The first-order valence-corrected chi connectivity index (χ1v) is 4.14. The highest BCUT2D eigenvalue weighted by Crippen LogP contribution is 2.36. The van der Waals surface area contributed by atoms with Crippen molar-refractivity contribution in [2.75, 3.05) is 0 Å². The van der Waals surface area contributed by atoms with Gasteiger partial charge >= 0.3 is 5.97 Å². The lowest BCUT2D eigenvalue weighted by molar-refractivity contribution is -0.166. The second-order valence-corrected chi connectivity index (χ2v) is 3.90. The van der Waals surface area contributed by atoms with Crippen molar-refractivity contribution in [3.05, 3.63) is 0 Å². The maximum absolute atomic E-state index is 10.8. The first-order valence-electron chi connectivity index (χ1n) is 4.14. The minimum Gasteiger partial charge on any atom is -0.481 e. The fourth-order valence-corrected chi connectivity index (χ4v) is 1.68. The Balaban J connectivity index is 2.79. The normalized spacial score (nSPS) is 46.0. The fraction of sp³-hybridized carbons (Fsp3) is 0.875. The molecule has 0 aromatic rings. The first-order chi connectivity index (χ1) is 5.87. The van der Waals surface area contributed by atoms with Gasteiger partial charge in [0.1, 0.15) is 6.10 Å². The number of rotatable bonds is 1. The van der Waals surface area contributed by atoms with Crippen molar-refractivity contribution in [3.63, 3.8) is 0 Å². The molecular weight excluding hydrogens is 176 g/mol. The molecule has 0 unspecified atom stereocenters. The van der Waals surface area contributed by atoms with Crippen LogP contribution in [0.1, 0.15) is 19.8 Å². The van der Waals surface area contributed by atoms with Gasteiger partial charge in [-0.05, 0) is 19.8 Å². The molecule has 0 spiro atoms. The summed E-state index contributed by atoms with van der Waals surface area (Å²) in [4.78, 5) is 10.8. The molecular formula is C8H14O5. The van der Waals surface area contributed by atoms with Crippen LogP contribution in [0.5, 0.6) is 0 Å². The highest BCUT2D eigenvalue weighted by molar-refractivity contribution is 5.74. The average molecular weight is 190 g/mol. The van der Waals surface area contributed by atoms with E-state index >= 15 is 0 Å². The molecule has 0 amide bonds. The smallest absolute Gasteiger partial charge is 0.309 e. The third kappa shape index (κ3) is 1.82. The standard InChI is InChI=1S/C8H14O5/c1-8(7(12)13)2-4(9)6(11)5(10)3-8/h4-6,9-11H,2-3H2,1H3,(H,12,13)/t4-,5-,6?,8?/m1/s1. The highest BCUT2D eigenvalue weighted by Gasteiger charge is 2.46. The minimum atomic E-state index is -1.23. The van der Waals surface area contributed by atoms with Crippen molar-refractivity contribution < 1.29 is 25.2 Å². The molecule has 1 aliphatic rings. The van der Waals surface area contributed by atoms with Crippen molar-refractivity contribution >= 4 is 5.97 Å². The van der Waals surface area contributed by atoms with Crippen LogP contribution in [0.4, 0.5) is 0 Å². The molecule has 0 heterocycles. The summed E-state index contributed by atoms with van der Waals surface area (Å²) < 4.78 is 0. The molecule has 5 nitrogen and oxygen atoms in total. The number of aliphatic hydroxyl groups is 3. The van der Waals surface area contributed by atoms with Crippen molar-refractivity contribution in [2.45, 2.75) is 38.1 Å². The van der Waals surface area contributed by atoms with Gasteiger partial charge in [-0.1, -0.05) is 0 Å². The zero-order valence-corrected chi connectivity index (χ0v) is 7.34. The molecule has 1 rings (SSSR count). The van der Waals surface area contributed by atoms with Crippen LogP contribution in [0.15, 0.2) is 0 Å². The van der Waals surface area contributed by atoms with Crippen molar-refractivity contribution in [3.8, 4) is 0 Å². The quantitative estimate of drug-likeness (QED) is 0.423. The summed E-state index contributed by atoms with van der Waals surface area (Å²) in [6.45, 7) is 1.45. The zero-order valence-electron chi connectivity index (χ0n) is 7.34. The van der Waals surface area contributed by atoms with Gasteiger partial charge < -0.3 is 20.4 Å². The molecule has 0 aromatic heterocycles. The summed E-state index contributed by atoms with van der Waals surface area (Å²) >= 11 is 0. The largest absolute Gasteiger partial charge is 0.481 e. The van der Waals surface area contributed by atoms with E-state index in [4.69, 9.17) is 10.2 Å². The van der Waals surface area contributed by atoms with Crippen LogP contribution < -0.4 is 0 Å². The molecule has 1 saturated carbocycles. The van der Waals surface area contributed by atoms with Gasteiger partial charge in [-0.15, -0.1) is 0 Å². The number of aliphatic carboxylic acids is 1. The highest BCUT2D eigenvalue weighted by atomic mass is 16.4. The van der Waals surface area contributed by atoms with Crippen molar-refractivity contribution in [2.24, 2.45) is 5.41 Å². The van der Waals surface area contributed by atoms with E-state index in [0.717, 1.165) is 0 Å². The molecule has 0 saturated heterocycles. The lowest BCUT2D eigenvalue weighted by atomic mass is 9.72. The van der Waals surface area contributed by atoms with Gasteiger partial charge in [-0.25, -0.2) is 0 Å². The topological polar surface area (TPSA) is 98.0 Å². The zero-order chi connectivity index (χ0) is 10.2. The van der Waals surface area contributed by atoms with Crippen molar-refractivity contribution in [1.29, 1.82) is 0 Å². The summed E-state index contributed by atoms with van der Waals surface area (Å²) in [7, 11) is 0. The lowest BCUT2D eigenvalue weighted by Crippen LogP contribution is -2.50. The molecule has 1 aliphatic carbocycles. The van der Waals surface area contributed by atoms with Gasteiger partial charge in [0.05, 0.1) is 17.6 Å². The Bertz CT molecular complexity index is 203. The predicted octanol–water partition coefficient (Wildman–Crippen LogP) is -1.05. The number of hydrogen-bond acceptors (Lipinski definition) is 4. The van der Waals surface area contributed by atoms with E-state index < -0.39 is 29.7 Å². The van der Waals surface area contributed by atoms with Gasteiger partial charge in [0.2, 0.25) is 0 Å². The number of carboxylic acids is 1. The summed E-state index contributed by atoms with van der Waals surface area (Å²) in [5, 5.41) is 36.5. The second-order valence-electron chi connectivity index (χ2n) is 3.90. The van der Waals surface area contributed by atoms with E-state index in [0.29, 0.717) is 0 Å². The Morgan fingerprint density at radius 1 is 1.23 bits per heavy atom. The Kier molecular flexibility index (Phi) is 2.61. The molecule has 2 atom stereocenters. The van der Waals surface area contributed by atoms with Crippen LogP contribution in [0.25, 0.3) is 0 Å². The third-order valence-electron chi connectivity index (χ3n) is 2.62. The maximum atomic E-state index is 10.8. The Hall–Kier alpha value is -0.650. The Labute approximate surface area is 75.6 Å². The molecule has 5 heteroatoms. The van der Waals surface area contributed by atoms with Crippen LogP contribution in [-0.4, -0.2) is 44.7 Å². The molecule has 0 aliphatic heterocycles. The van der Waals surface area contributed by atoms with Crippen LogP contribution in [0, 0.1) is 5.41 Å². The van der Waals surface area contributed by atoms with Crippen LogP contribution in [0.2, 0.25) is 0 Å². The molecule has 1 fully saturated rings. The van der Waals surface area contributed by atoms with Crippen molar-refractivity contribution in [1.82, 2.24) is 0 Å². The number of hydrogen-bond donors (Lipinski definition) is 4. The number of aliphatic hydroxyl groups excluding tert-OH is 3.